The molecule has 1 fully saturated rings. The minimum atomic E-state index is -0.0220. The minimum absolute atomic E-state index is 0.0220. The first-order valence-corrected chi connectivity index (χ1v) is 9.57. The first-order valence-electron chi connectivity index (χ1n) is 9.57. The van der Waals surface area contributed by atoms with E-state index in [9.17, 15) is 4.79 Å². The Labute approximate surface area is 156 Å². The van der Waals surface area contributed by atoms with Gasteiger partial charge in [-0.15, -0.1) is 0 Å². The topological polar surface area (TPSA) is 49.3 Å². The number of benzene rings is 1. The van der Waals surface area contributed by atoms with Crippen molar-refractivity contribution in [3.05, 3.63) is 53.9 Å². The van der Waals surface area contributed by atoms with Gasteiger partial charge < -0.3 is 9.80 Å². The van der Waals surface area contributed by atoms with Crippen molar-refractivity contribution in [2.75, 3.05) is 18.0 Å². The van der Waals surface area contributed by atoms with Crippen molar-refractivity contribution in [1.82, 2.24) is 14.9 Å². The number of carbonyl (C=O) groups excluding carboxylic acids is 1. The fourth-order valence-corrected chi connectivity index (χ4v) is 3.30. The third kappa shape index (κ3) is 4.59. The van der Waals surface area contributed by atoms with Crippen LogP contribution >= 0.6 is 0 Å². The number of anilines is 1. The fourth-order valence-electron chi connectivity index (χ4n) is 3.30. The number of hydrogen-bond donors (Lipinski definition) is 0. The third-order valence-corrected chi connectivity index (χ3v) is 4.85. The van der Waals surface area contributed by atoms with Crippen molar-refractivity contribution < 1.29 is 4.79 Å². The number of nitrogens with zero attached hydrogens (tertiary/aromatic N) is 4. The van der Waals surface area contributed by atoms with Crippen LogP contribution in [0.15, 0.2) is 42.7 Å². The second kappa shape index (κ2) is 8.79. The number of aromatic nitrogens is 2. The second-order valence-corrected chi connectivity index (χ2v) is 7.19. The van der Waals surface area contributed by atoms with E-state index in [4.69, 9.17) is 0 Å². The van der Waals surface area contributed by atoms with E-state index in [2.05, 4.69) is 14.9 Å². The Morgan fingerprint density at radius 3 is 2.23 bits per heavy atom. The molecule has 0 aliphatic carbocycles. The molecule has 3 rings (SSSR count). The molecule has 1 aromatic carbocycles. The summed E-state index contributed by atoms with van der Waals surface area (Å²) in [6.45, 7) is 6.66. The summed E-state index contributed by atoms with van der Waals surface area (Å²) in [7, 11) is 0. The quantitative estimate of drug-likeness (QED) is 0.819. The number of rotatable bonds is 5. The first-order chi connectivity index (χ1) is 12.6. The average molecular weight is 352 g/mol. The summed E-state index contributed by atoms with van der Waals surface area (Å²) in [6, 6.07) is 10.2. The zero-order valence-corrected chi connectivity index (χ0v) is 15.8. The van der Waals surface area contributed by atoms with E-state index in [-0.39, 0.29) is 11.9 Å². The van der Waals surface area contributed by atoms with Crippen LogP contribution in [0.4, 0.5) is 5.95 Å². The summed E-state index contributed by atoms with van der Waals surface area (Å²) in [6.07, 6.45) is 8.27. The molecule has 2 heterocycles. The van der Waals surface area contributed by atoms with Gasteiger partial charge in [0.15, 0.2) is 0 Å². The van der Waals surface area contributed by atoms with Crippen LogP contribution in [0.3, 0.4) is 0 Å². The minimum Gasteiger partial charge on any atom is -0.341 e. The molecule has 0 saturated carbocycles. The molecule has 0 N–H and O–H groups in total. The molecule has 0 atom stereocenters. The van der Waals surface area contributed by atoms with Crippen molar-refractivity contribution in [3.8, 4) is 0 Å². The maximum atomic E-state index is 13.0. The highest BCUT2D eigenvalue weighted by atomic mass is 16.2. The lowest BCUT2D eigenvalue weighted by atomic mass is 10.1. The van der Waals surface area contributed by atoms with Crippen molar-refractivity contribution in [1.29, 1.82) is 0 Å². The van der Waals surface area contributed by atoms with Gasteiger partial charge in [-0.3, -0.25) is 4.79 Å². The number of amides is 1. The largest absolute Gasteiger partial charge is 0.341 e. The Hall–Kier alpha value is -2.43. The van der Waals surface area contributed by atoms with Gasteiger partial charge in [-0.2, -0.15) is 0 Å². The predicted octanol–water partition coefficient (Wildman–Crippen LogP) is 3.91. The van der Waals surface area contributed by atoms with Crippen molar-refractivity contribution in [2.45, 2.75) is 52.1 Å². The zero-order chi connectivity index (χ0) is 18.4. The van der Waals surface area contributed by atoms with Crippen LogP contribution in [0.1, 0.15) is 55.5 Å². The molecule has 0 spiro atoms. The number of hydrogen-bond acceptors (Lipinski definition) is 4. The Kier molecular flexibility index (Phi) is 6.21. The normalized spacial score (nSPS) is 15.0. The third-order valence-electron chi connectivity index (χ3n) is 4.85. The molecule has 0 radical (unpaired) electrons. The van der Waals surface area contributed by atoms with Gasteiger partial charge in [0.2, 0.25) is 5.95 Å². The van der Waals surface area contributed by atoms with Crippen LogP contribution in [-0.4, -0.2) is 39.9 Å². The van der Waals surface area contributed by atoms with E-state index in [1.807, 2.05) is 49.1 Å². The Morgan fingerprint density at radius 1 is 1.04 bits per heavy atom. The summed E-state index contributed by atoms with van der Waals surface area (Å²) < 4.78 is 0. The van der Waals surface area contributed by atoms with Crippen LogP contribution in [-0.2, 0) is 6.54 Å². The Balaban J connectivity index is 1.72. The summed E-state index contributed by atoms with van der Waals surface area (Å²) in [5.74, 6) is 0.717. The van der Waals surface area contributed by atoms with Gasteiger partial charge in [0, 0.05) is 38.1 Å². The van der Waals surface area contributed by atoms with Gasteiger partial charge in [0.05, 0.1) is 5.56 Å². The van der Waals surface area contributed by atoms with E-state index in [1.54, 1.807) is 12.4 Å². The summed E-state index contributed by atoms with van der Waals surface area (Å²) in [4.78, 5) is 26.0. The van der Waals surface area contributed by atoms with Gasteiger partial charge in [-0.25, -0.2) is 9.97 Å². The van der Waals surface area contributed by atoms with E-state index in [1.165, 1.54) is 25.7 Å². The van der Waals surface area contributed by atoms with E-state index >= 15 is 0 Å². The van der Waals surface area contributed by atoms with Gasteiger partial charge in [-0.1, -0.05) is 43.2 Å². The van der Waals surface area contributed by atoms with Crippen LogP contribution in [0.25, 0.3) is 0 Å². The average Bonchev–Trinajstić information content (AvgIpc) is 2.96. The summed E-state index contributed by atoms with van der Waals surface area (Å²) in [5.41, 5.74) is 1.67. The predicted molar refractivity (Wildman–Crippen MR) is 104 cm³/mol. The molecule has 1 aliphatic rings. The number of carbonyl (C=O) groups is 1. The van der Waals surface area contributed by atoms with Gasteiger partial charge in [0.1, 0.15) is 0 Å². The van der Waals surface area contributed by atoms with Gasteiger partial charge in [-0.05, 0) is 32.3 Å². The fraction of sp³-hybridized carbons (Fsp3) is 0.476. The molecule has 1 aromatic heterocycles. The maximum absolute atomic E-state index is 13.0. The SMILES string of the molecule is CC(C)N(Cc1ccccc1)C(=O)c1cnc(N2CCCCCC2)nc1. The smallest absolute Gasteiger partial charge is 0.257 e. The van der Waals surface area contributed by atoms with E-state index in [0.717, 1.165) is 24.6 Å². The van der Waals surface area contributed by atoms with Crippen molar-refractivity contribution >= 4 is 11.9 Å². The van der Waals surface area contributed by atoms with Gasteiger partial charge >= 0.3 is 0 Å². The Morgan fingerprint density at radius 2 is 1.65 bits per heavy atom. The maximum Gasteiger partial charge on any atom is 0.257 e. The standard InChI is InChI=1S/C21H28N4O/c1-17(2)25(16-18-10-6-5-7-11-18)20(26)19-14-22-21(23-15-19)24-12-8-3-4-9-13-24/h5-7,10-11,14-15,17H,3-4,8-9,12-13,16H2,1-2H3. The lowest BCUT2D eigenvalue weighted by Gasteiger charge is -2.27. The van der Waals surface area contributed by atoms with Crippen LogP contribution in [0.2, 0.25) is 0 Å². The van der Waals surface area contributed by atoms with Crippen LogP contribution in [0.5, 0.6) is 0 Å². The zero-order valence-electron chi connectivity index (χ0n) is 15.8. The first kappa shape index (κ1) is 18.4. The molecule has 26 heavy (non-hydrogen) atoms. The summed E-state index contributed by atoms with van der Waals surface area (Å²) in [5, 5.41) is 0. The summed E-state index contributed by atoms with van der Waals surface area (Å²) >= 11 is 0. The lowest BCUT2D eigenvalue weighted by Crippen LogP contribution is -2.36. The van der Waals surface area contributed by atoms with E-state index < -0.39 is 0 Å². The molecule has 138 valence electrons. The monoisotopic (exact) mass is 352 g/mol. The Bertz CT molecular complexity index is 692. The lowest BCUT2D eigenvalue weighted by molar-refractivity contribution is 0.0689. The molecule has 2 aromatic rings. The highest BCUT2D eigenvalue weighted by Gasteiger charge is 2.20. The van der Waals surface area contributed by atoms with Crippen molar-refractivity contribution in [3.63, 3.8) is 0 Å². The second-order valence-electron chi connectivity index (χ2n) is 7.19. The molecule has 0 unspecified atom stereocenters. The van der Waals surface area contributed by atoms with Gasteiger partial charge in [0.25, 0.3) is 5.91 Å². The molecule has 5 nitrogen and oxygen atoms in total. The molecular formula is C21H28N4O. The highest BCUT2D eigenvalue weighted by Crippen LogP contribution is 2.17. The molecule has 0 bridgehead atoms. The van der Waals surface area contributed by atoms with Crippen molar-refractivity contribution in [2.24, 2.45) is 0 Å². The van der Waals surface area contributed by atoms with E-state index in [0.29, 0.717) is 12.1 Å². The van der Waals surface area contributed by atoms with Crippen LogP contribution in [0, 0.1) is 0 Å². The molecule has 1 amide bonds. The molecular weight excluding hydrogens is 324 g/mol. The molecule has 1 aliphatic heterocycles. The highest BCUT2D eigenvalue weighted by molar-refractivity contribution is 5.93. The molecule has 1 saturated heterocycles. The van der Waals surface area contributed by atoms with Crippen LogP contribution < -0.4 is 4.90 Å². The molecule has 5 heteroatoms.